The lowest BCUT2D eigenvalue weighted by Gasteiger charge is -2.39. The first kappa shape index (κ1) is 20.9. The van der Waals surface area contributed by atoms with Crippen molar-refractivity contribution in [2.75, 3.05) is 18.6 Å². The van der Waals surface area contributed by atoms with Crippen molar-refractivity contribution >= 4 is 27.2 Å². The van der Waals surface area contributed by atoms with Crippen LogP contribution in [0.4, 0.5) is 5.82 Å². The average Bonchev–Trinajstić information content (AvgIpc) is 3.42. The molecule has 5 heterocycles. The number of aliphatic hydroxyl groups excluding tert-OH is 1. The fourth-order valence-corrected chi connectivity index (χ4v) is 6.39. The second kappa shape index (κ2) is 7.27. The van der Waals surface area contributed by atoms with Crippen molar-refractivity contribution in [3.8, 4) is 11.1 Å². The van der Waals surface area contributed by atoms with Gasteiger partial charge in [-0.25, -0.2) is 13.4 Å². The Morgan fingerprint density at radius 3 is 2.47 bits per heavy atom. The highest BCUT2D eigenvalue weighted by Gasteiger charge is 2.45. The highest BCUT2D eigenvalue weighted by molar-refractivity contribution is 7.91. The van der Waals surface area contributed by atoms with Gasteiger partial charge in [0, 0.05) is 48.6 Å². The van der Waals surface area contributed by atoms with E-state index in [-0.39, 0.29) is 34.6 Å². The number of aromatic nitrogens is 5. The number of hydrogen-bond donors (Lipinski definition) is 2. The Kier molecular flexibility index (Phi) is 4.75. The van der Waals surface area contributed by atoms with Crippen molar-refractivity contribution in [2.45, 2.75) is 48.6 Å². The Bertz CT molecular complexity index is 1320. The fourth-order valence-electron chi connectivity index (χ4n) is 5.33. The number of carbonyl (C=O) groups excluding carboxylic acids is 1. The van der Waals surface area contributed by atoms with E-state index in [0.29, 0.717) is 29.7 Å². The van der Waals surface area contributed by atoms with E-state index in [2.05, 4.69) is 10.2 Å². The smallest absolute Gasteiger partial charge is 0.248 e. The predicted molar refractivity (Wildman–Crippen MR) is 115 cm³/mol. The number of nitrogens with zero attached hydrogens (tertiary/aromatic N) is 6. The Morgan fingerprint density at radius 2 is 1.91 bits per heavy atom. The maximum absolute atomic E-state index is 12.8. The van der Waals surface area contributed by atoms with Crippen LogP contribution in [-0.4, -0.2) is 73.7 Å². The van der Waals surface area contributed by atoms with Crippen LogP contribution in [-0.2, 0) is 21.7 Å². The Balaban J connectivity index is 1.66. The number of sulfone groups is 1. The lowest BCUT2D eigenvalue weighted by Crippen LogP contribution is -2.47. The first-order valence-corrected chi connectivity index (χ1v) is 12.4. The van der Waals surface area contributed by atoms with E-state index in [1.807, 2.05) is 6.20 Å². The molecular formula is C20H25N7O4S. The number of carbonyl (C=O) groups is 1. The van der Waals surface area contributed by atoms with E-state index in [0.717, 1.165) is 24.7 Å². The second-order valence-electron chi connectivity index (χ2n) is 8.69. The number of amides is 1. The molecule has 1 amide bonds. The zero-order chi connectivity index (χ0) is 22.8. The minimum atomic E-state index is -3.69. The minimum absolute atomic E-state index is 0.00262. The van der Waals surface area contributed by atoms with Crippen molar-refractivity contribution in [3.05, 3.63) is 24.3 Å². The molecular weight excluding hydrogens is 434 g/mol. The molecule has 0 spiro atoms. The fraction of sp³-hybridized carbons (Fsp3) is 0.500. The number of anilines is 1. The molecule has 170 valence electrons. The highest BCUT2D eigenvalue weighted by atomic mass is 32.2. The first-order valence-electron chi connectivity index (χ1n) is 10.5. The van der Waals surface area contributed by atoms with Crippen molar-refractivity contribution in [1.82, 2.24) is 29.3 Å². The molecule has 2 fully saturated rings. The lowest BCUT2D eigenvalue weighted by molar-refractivity contribution is -0.138. The molecule has 3 N–H and O–H groups in total. The Hall–Kier alpha value is -2.99. The largest absolute Gasteiger partial charge is 0.387 e. The van der Waals surface area contributed by atoms with Crippen molar-refractivity contribution in [2.24, 2.45) is 7.05 Å². The van der Waals surface area contributed by atoms with Gasteiger partial charge in [0.2, 0.25) is 5.91 Å². The monoisotopic (exact) mass is 459 g/mol. The zero-order valence-corrected chi connectivity index (χ0v) is 18.7. The molecule has 12 heteroatoms. The number of nitrogens with two attached hydrogens (primary N) is 1. The summed E-state index contributed by atoms with van der Waals surface area (Å²) < 4.78 is 28.6. The minimum Gasteiger partial charge on any atom is -0.387 e. The third kappa shape index (κ3) is 3.16. The van der Waals surface area contributed by atoms with Crippen LogP contribution in [0.1, 0.15) is 37.3 Å². The van der Waals surface area contributed by atoms with Gasteiger partial charge in [-0.15, -0.1) is 0 Å². The maximum Gasteiger partial charge on any atom is 0.248 e. The topological polar surface area (TPSA) is 149 Å². The number of fused-ring (bicyclic) bond motifs is 3. The predicted octanol–water partition coefficient (Wildman–Crippen LogP) is 0.345. The molecule has 0 unspecified atom stereocenters. The van der Waals surface area contributed by atoms with Crippen molar-refractivity contribution < 1.29 is 18.3 Å². The highest BCUT2D eigenvalue weighted by Crippen LogP contribution is 2.45. The summed E-state index contributed by atoms with van der Waals surface area (Å²) in [5, 5.41) is 17.8. The SMILES string of the molecule is Cn1cc(-c2cnn3c(N)c(S(C)(=O)=O)c([C@H]4C[C@H]5CC[C@@H](C4)N5C(=O)CO)nc23)cn1. The van der Waals surface area contributed by atoms with Gasteiger partial charge in [0.1, 0.15) is 17.3 Å². The number of piperidine rings is 1. The first-order chi connectivity index (χ1) is 15.2. The Labute approximate surface area is 184 Å². The van der Waals surface area contributed by atoms with Crippen LogP contribution < -0.4 is 5.73 Å². The van der Waals surface area contributed by atoms with Crippen LogP contribution in [0.3, 0.4) is 0 Å². The molecule has 2 aliphatic rings. The number of hydrogen-bond acceptors (Lipinski definition) is 8. The Morgan fingerprint density at radius 1 is 1.22 bits per heavy atom. The molecule has 11 nitrogen and oxygen atoms in total. The van der Waals surface area contributed by atoms with Gasteiger partial charge in [-0.1, -0.05) is 0 Å². The maximum atomic E-state index is 12.8. The second-order valence-corrected chi connectivity index (χ2v) is 10.6. The van der Waals surface area contributed by atoms with Gasteiger partial charge in [0.25, 0.3) is 0 Å². The van der Waals surface area contributed by atoms with Crippen molar-refractivity contribution in [3.63, 3.8) is 0 Å². The van der Waals surface area contributed by atoms with Crippen LogP contribution in [0.5, 0.6) is 0 Å². The lowest BCUT2D eigenvalue weighted by atomic mass is 9.87. The molecule has 0 radical (unpaired) electrons. The van der Waals surface area contributed by atoms with Crippen LogP contribution in [0.15, 0.2) is 23.5 Å². The molecule has 2 saturated heterocycles. The third-order valence-electron chi connectivity index (χ3n) is 6.59. The van der Waals surface area contributed by atoms with E-state index in [1.165, 1.54) is 4.52 Å². The molecule has 0 saturated carbocycles. The van der Waals surface area contributed by atoms with Crippen LogP contribution in [0.25, 0.3) is 16.8 Å². The third-order valence-corrected chi connectivity index (χ3v) is 7.75. The summed E-state index contributed by atoms with van der Waals surface area (Å²) in [5.74, 6) is -0.426. The molecule has 32 heavy (non-hydrogen) atoms. The van der Waals surface area contributed by atoms with Gasteiger partial charge in [0.05, 0.1) is 18.1 Å². The number of aliphatic hydroxyl groups is 1. The van der Waals surface area contributed by atoms with E-state index in [4.69, 9.17) is 10.7 Å². The standard InChI is InChI=1S/C20H25N7O4S/c1-25-9-12(7-22-25)15-8-23-27-19(21)18(32(2,30)31)17(24-20(15)27)11-5-13-3-4-14(6-11)26(13)16(29)10-28/h7-9,11,13-14,28H,3-6,10,21H2,1-2H3/t11-,13+,14-. The quantitative estimate of drug-likeness (QED) is 0.567. The summed E-state index contributed by atoms with van der Waals surface area (Å²) in [6.45, 7) is -0.520. The molecule has 3 atom stereocenters. The van der Waals surface area contributed by atoms with Gasteiger partial charge < -0.3 is 15.7 Å². The van der Waals surface area contributed by atoms with Crippen molar-refractivity contribution in [1.29, 1.82) is 0 Å². The molecule has 5 rings (SSSR count). The van der Waals surface area contributed by atoms with E-state index in [1.54, 1.807) is 29.0 Å². The summed E-state index contributed by atoms with van der Waals surface area (Å²) in [6, 6.07) is -0.0967. The molecule has 3 aromatic rings. The average molecular weight is 460 g/mol. The van der Waals surface area contributed by atoms with E-state index < -0.39 is 16.4 Å². The number of rotatable bonds is 4. The number of nitrogen functional groups attached to an aromatic ring is 1. The van der Waals surface area contributed by atoms with Gasteiger partial charge in [-0.3, -0.25) is 9.48 Å². The van der Waals surface area contributed by atoms with Crippen LogP contribution >= 0.6 is 0 Å². The molecule has 2 bridgehead atoms. The summed E-state index contributed by atoms with van der Waals surface area (Å²) in [5.41, 5.74) is 8.76. The summed E-state index contributed by atoms with van der Waals surface area (Å²) in [6.07, 6.45) is 9.06. The summed E-state index contributed by atoms with van der Waals surface area (Å²) in [7, 11) is -1.88. The van der Waals surface area contributed by atoms with Crippen LogP contribution in [0, 0.1) is 0 Å². The molecule has 2 aliphatic heterocycles. The molecule has 0 aromatic carbocycles. The van der Waals surface area contributed by atoms with Gasteiger partial charge >= 0.3 is 0 Å². The van der Waals surface area contributed by atoms with E-state index >= 15 is 0 Å². The summed E-state index contributed by atoms with van der Waals surface area (Å²) in [4.78, 5) is 18.8. The molecule has 3 aromatic heterocycles. The van der Waals surface area contributed by atoms with Crippen LogP contribution in [0.2, 0.25) is 0 Å². The van der Waals surface area contributed by atoms with E-state index in [9.17, 15) is 18.3 Å². The molecule has 0 aliphatic carbocycles. The summed E-state index contributed by atoms with van der Waals surface area (Å²) >= 11 is 0. The number of aryl methyl sites for hydroxylation is 1. The van der Waals surface area contributed by atoms with Gasteiger partial charge in [-0.2, -0.15) is 14.7 Å². The zero-order valence-electron chi connectivity index (χ0n) is 17.8. The normalized spacial score (nSPS) is 23.2. The van der Waals surface area contributed by atoms with Gasteiger partial charge in [0.15, 0.2) is 15.5 Å². The van der Waals surface area contributed by atoms with Gasteiger partial charge in [-0.05, 0) is 25.7 Å².